The van der Waals surface area contributed by atoms with Gasteiger partial charge in [0.25, 0.3) is 11.7 Å². The van der Waals surface area contributed by atoms with Gasteiger partial charge in [-0.2, -0.15) is 0 Å². The summed E-state index contributed by atoms with van der Waals surface area (Å²) < 4.78 is 12.9. The number of aliphatic hydroxyl groups excluding tert-OH is 1. The molecule has 1 saturated heterocycles. The van der Waals surface area contributed by atoms with Gasteiger partial charge in [-0.3, -0.25) is 19.0 Å². The number of carbonyl (C=O) groups is 2. The van der Waals surface area contributed by atoms with E-state index in [0.29, 0.717) is 40.7 Å². The third-order valence-corrected chi connectivity index (χ3v) is 6.35. The van der Waals surface area contributed by atoms with E-state index in [1.807, 2.05) is 19.1 Å². The summed E-state index contributed by atoms with van der Waals surface area (Å²) in [7, 11) is 1.52. The highest BCUT2D eigenvalue weighted by atomic mass is 16.5. The number of pyridine rings is 2. The quantitative estimate of drug-likeness (QED) is 0.233. The first-order chi connectivity index (χ1) is 17.9. The predicted molar refractivity (Wildman–Crippen MR) is 136 cm³/mol. The molecule has 9 nitrogen and oxygen atoms in total. The molecule has 1 N–H and O–H groups in total. The normalized spacial score (nSPS) is 16.9. The second-order valence-corrected chi connectivity index (χ2v) is 8.61. The predicted octanol–water partition coefficient (Wildman–Crippen LogP) is 4.07. The molecular weight excluding hydrogens is 472 g/mol. The minimum Gasteiger partial charge on any atom is -0.505 e. The number of aromatic nitrogens is 3. The molecule has 3 aromatic heterocycles. The lowest BCUT2D eigenvalue weighted by Gasteiger charge is -2.26. The number of Topliss-reactive ketones (excluding diaryl/α,β-unsaturated/α-hetero) is 1. The molecule has 1 aromatic carbocycles. The maximum atomic E-state index is 13.5. The van der Waals surface area contributed by atoms with Crippen LogP contribution >= 0.6 is 0 Å². The Morgan fingerprint density at radius 2 is 1.95 bits per heavy atom. The highest BCUT2D eigenvalue weighted by Crippen LogP contribution is 2.43. The molecule has 0 radical (unpaired) electrons. The molecule has 1 atom stereocenters. The molecule has 5 rings (SSSR count). The van der Waals surface area contributed by atoms with Gasteiger partial charge in [-0.25, -0.2) is 4.98 Å². The van der Waals surface area contributed by atoms with Crippen molar-refractivity contribution in [3.63, 3.8) is 0 Å². The summed E-state index contributed by atoms with van der Waals surface area (Å²) in [5.41, 5.74) is 2.83. The zero-order chi connectivity index (χ0) is 26.1. The van der Waals surface area contributed by atoms with Gasteiger partial charge in [-0.15, -0.1) is 0 Å². The Kier molecular flexibility index (Phi) is 6.35. The molecule has 0 bridgehead atoms. The van der Waals surface area contributed by atoms with Crippen LogP contribution in [0.4, 0.5) is 0 Å². The van der Waals surface area contributed by atoms with E-state index in [1.54, 1.807) is 66.3 Å². The summed E-state index contributed by atoms with van der Waals surface area (Å²) in [6.07, 6.45) is 5.04. The van der Waals surface area contributed by atoms with Crippen LogP contribution in [0, 0.1) is 6.92 Å². The van der Waals surface area contributed by atoms with Gasteiger partial charge in [0.05, 0.1) is 31.0 Å². The second-order valence-electron chi connectivity index (χ2n) is 8.61. The van der Waals surface area contributed by atoms with Crippen molar-refractivity contribution in [1.29, 1.82) is 0 Å². The molecule has 4 heterocycles. The fraction of sp³-hybridized carbons (Fsp3) is 0.214. The monoisotopic (exact) mass is 498 g/mol. The molecule has 37 heavy (non-hydrogen) atoms. The van der Waals surface area contributed by atoms with Gasteiger partial charge >= 0.3 is 0 Å². The van der Waals surface area contributed by atoms with Crippen molar-refractivity contribution < 1.29 is 24.2 Å². The summed E-state index contributed by atoms with van der Waals surface area (Å²) in [6, 6.07) is 13.4. The number of likely N-dealkylation sites (tertiary alicyclic amines) is 1. The Balaban J connectivity index is 1.72. The first kappa shape index (κ1) is 24.1. The number of amides is 1. The molecule has 0 aliphatic carbocycles. The lowest BCUT2D eigenvalue weighted by molar-refractivity contribution is -0.140. The standard InChI is InChI=1S/C28H26N4O5/c1-4-37-20-11-10-19(14-21(20)36-3)25-23(26(33)24-17(2)30-22-9-5-6-13-31(22)24)27(34)28(35)32(25)16-18-8-7-12-29-15-18/h5-15,25,33H,4,16H2,1-3H3/b26-23+. The Morgan fingerprint density at radius 1 is 1.11 bits per heavy atom. The van der Waals surface area contributed by atoms with Crippen molar-refractivity contribution in [3.8, 4) is 11.5 Å². The summed E-state index contributed by atoms with van der Waals surface area (Å²) in [6.45, 7) is 4.20. The molecule has 1 amide bonds. The molecule has 188 valence electrons. The summed E-state index contributed by atoms with van der Waals surface area (Å²) in [5, 5.41) is 11.6. The number of carbonyl (C=O) groups excluding carboxylic acids is 2. The van der Waals surface area contributed by atoms with Crippen LogP contribution in [0.15, 0.2) is 72.7 Å². The van der Waals surface area contributed by atoms with Crippen molar-refractivity contribution in [2.75, 3.05) is 13.7 Å². The Bertz CT molecular complexity index is 1530. The van der Waals surface area contributed by atoms with E-state index in [0.717, 1.165) is 5.56 Å². The minimum absolute atomic E-state index is 0.0196. The molecule has 1 fully saturated rings. The Labute approximate surface area is 213 Å². The van der Waals surface area contributed by atoms with E-state index in [-0.39, 0.29) is 17.9 Å². The first-order valence-corrected chi connectivity index (χ1v) is 11.9. The van der Waals surface area contributed by atoms with Gasteiger partial charge in [0.2, 0.25) is 0 Å². The van der Waals surface area contributed by atoms with E-state index in [4.69, 9.17) is 9.47 Å². The summed E-state index contributed by atoms with van der Waals surface area (Å²) in [5.74, 6) is -0.784. The van der Waals surface area contributed by atoms with Crippen LogP contribution in [0.3, 0.4) is 0 Å². The number of ether oxygens (including phenoxy) is 2. The lowest BCUT2D eigenvalue weighted by Crippen LogP contribution is -2.29. The zero-order valence-electron chi connectivity index (χ0n) is 20.7. The van der Waals surface area contributed by atoms with Gasteiger partial charge in [0, 0.05) is 25.1 Å². The van der Waals surface area contributed by atoms with Gasteiger partial charge in [-0.05, 0) is 55.3 Å². The Hall–Kier alpha value is -4.66. The van der Waals surface area contributed by atoms with Crippen LogP contribution in [-0.2, 0) is 16.1 Å². The number of imidazole rings is 1. The van der Waals surface area contributed by atoms with E-state index in [1.165, 1.54) is 12.0 Å². The molecule has 9 heteroatoms. The number of aryl methyl sites for hydroxylation is 1. The Morgan fingerprint density at radius 3 is 2.68 bits per heavy atom. The zero-order valence-corrected chi connectivity index (χ0v) is 20.7. The van der Waals surface area contributed by atoms with Crippen molar-refractivity contribution >= 4 is 23.1 Å². The lowest BCUT2D eigenvalue weighted by atomic mass is 9.95. The number of methoxy groups -OCH3 is 1. The second kappa shape index (κ2) is 9.77. The summed E-state index contributed by atoms with van der Waals surface area (Å²) >= 11 is 0. The van der Waals surface area contributed by atoms with Gasteiger partial charge in [0.1, 0.15) is 11.3 Å². The topological polar surface area (TPSA) is 106 Å². The van der Waals surface area contributed by atoms with E-state index < -0.39 is 17.7 Å². The molecular formula is C28H26N4O5. The van der Waals surface area contributed by atoms with Crippen LogP contribution in [0.25, 0.3) is 11.4 Å². The van der Waals surface area contributed by atoms with Crippen LogP contribution in [0.1, 0.15) is 35.5 Å². The SMILES string of the molecule is CCOc1ccc(C2/C(=C(\O)c3c(C)nc4ccccn34)C(=O)C(=O)N2Cc2cccnc2)cc1OC. The van der Waals surface area contributed by atoms with Gasteiger partial charge in [-0.1, -0.05) is 18.2 Å². The highest BCUT2D eigenvalue weighted by Gasteiger charge is 2.46. The van der Waals surface area contributed by atoms with E-state index in [9.17, 15) is 14.7 Å². The van der Waals surface area contributed by atoms with E-state index >= 15 is 0 Å². The van der Waals surface area contributed by atoms with Crippen molar-refractivity contribution in [2.45, 2.75) is 26.4 Å². The minimum atomic E-state index is -0.876. The number of aliphatic hydroxyl groups is 1. The third kappa shape index (κ3) is 4.18. The van der Waals surface area contributed by atoms with Crippen molar-refractivity contribution in [3.05, 3.63) is 95.2 Å². The molecule has 1 aliphatic heterocycles. The maximum absolute atomic E-state index is 13.5. The van der Waals surface area contributed by atoms with Crippen LogP contribution in [0.2, 0.25) is 0 Å². The number of hydrogen-bond donors (Lipinski definition) is 1. The maximum Gasteiger partial charge on any atom is 0.295 e. The molecule has 0 spiro atoms. The molecule has 1 unspecified atom stereocenters. The van der Waals surface area contributed by atoms with Crippen LogP contribution in [-0.4, -0.2) is 49.8 Å². The molecule has 0 saturated carbocycles. The largest absolute Gasteiger partial charge is 0.505 e. The fourth-order valence-electron chi connectivity index (χ4n) is 4.73. The first-order valence-electron chi connectivity index (χ1n) is 11.9. The molecule has 4 aromatic rings. The molecule has 1 aliphatic rings. The van der Waals surface area contributed by atoms with Gasteiger partial charge in [0.15, 0.2) is 17.3 Å². The highest BCUT2D eigenvalue weighted by molar-refractivity contribution is 6.46. The average molecular weight is 499 g/mol. The average Bonchev–Trinajstić information content (AvgIpc) is 3.37. The van der Waals surface area contributed by atoms with E-state index in [2.05, 4.69) is 9.97 Å². The van der Waals surface area contributed by atoms with Gasteiger partial charge < -0.3 is 19.5 Å². The van der Waals surface area contributed by atoms with Crippen molar-refractivity contribution in [1.82, 2.24) is 19.3 Å². The number of benzene rings is 1. The van der Waals surface area contributed by atoms with Crippen LogP contribution < -0.4 is 9.47 Å². The number of rotatable bonds is 7. The fourth-order valence-corrected chi connectivity index (χ4v) is 4.73. The van der Waals surface area contributed by atoms with Crippen LogP contribution in [0.5, 0.6) is 11.5 Å². The number of fused-ring (bicyclic) bond motifs is 1. The number of hydrogen-bond acceptors (Lipinski definition) is 7. The third-order valence-electron chi connectivity index (χ3n) is 6.35. The number of nitrogens with zero attached hydrogens (tertiary/aromatic N) is 4. The number of ketones is 1. The van der Waals surface area contributed by atoms with Crippen molar-refractivity contribution in [2.24, 2.45) is 0 Å². The smallest absolute Gasteiger partial charge is 0.295 e. The summed E-state index contributed by atoms with van der Waals surface area (Å²) in [4.78, 5) is 37.0.